The molecule has 0 atom stereocenters. The molecule has 1 aliphatic carbocycles. The molecule has 5 nitrogen and oxygen atoms in total. The zero-order valence-electron chi connectivity index (χ0n) is 14.0. The molecule has 2 aliphatic rings. The summed E-state index contributed by atoms with van der Waals surface area (Å²) in [5, 5.41) is 5.93. The van der Waals surface area contributed by atoms with Gasteiger partial charge in [0.2, 0.25) is 11.8 Å². The zero-order chi connectivity index (χ0) is 17.2. The van der Waals surface area contributed by atoms with E-state index in [1.54, 1.807) is 17.5 Å². The minimum absolute atomic E-state index is 0.0121. The van der Waals surface area contributed by atoms with Gasteiger partial charge in [-0.05, 0) is 49.9 Å². The quantitative estimate of drug-likeness (QED) is 0.914. The molecular formula is C19H21N3O2S. The number of benzene rings is 1. The van der Waals surface area contributed by atoms with Crippen LogP contribution in [0.3, 0.4) is 0 Å². The third-order valence-corrected chi connectivity index (χ3v) is 5.76. The lowest BCUT2D eigenvalue weighted by Crippen LogP contribution is -2.42. The lowest BCUT2D eigenvalue weighted by molar-refractivity contribution is -0.135. The second-order valence-corrected chi connectivity index (χ2v) is 7.67. The maximum absolute atomic E-state index is 12.5. The Hall–Kier alpha value is -2.21. The number of rotatable bonds is 4. The van der Waals surface area contributed by atoms with Gasteiger partial charge in [-0.15, -0.1) is 11.3 Å². The first-order valence-electron chi connectivity index (χ1n) is 8.80. The largest absolute Gasteiger partial charge is 0.342 e. The van der Waals surface area contributed by atoms with Gasteiger partial charge in [-0.3, -0.25) is 9.59 Å². The van der Waals surface area contributed by atoms with Crippen molar-refractivity contribution < 1.29 is 9.59 Å². The smallest absolute Gasteiger partial charge is 0.227 e. The summed E-state index contributed by atoms with van der Waals surface area (Å²) in [6.45, 7) is 1.41. The van der Waals surface area contributed by atoms with Crippen molar-refractivity contribution >= 4 is 28.8 Å². The minimum atomic E-state index is -0.0121. The molecule has 0 spiro atoms. The third kappa shape index (κ3) is 3.74. The van der Waals surface area contributed by atoms with Crippen molar-refractivity contribution in [1.82, 2.24) is 9.88 Å². The number of thiazole rings is 1. The van der Waals surface area contributed by atoms with Crippen LogP contribution in [0.25, 0.3) is 10.6 Å². The fourth-order valence-corrected chi connectivity index (χ4v) is 3.90. The lowest BCUT2D eigenvalue weighted by atomic mass is 9.95. The molecule has 1 aromatic carbocycles. The van der Waals surface area contributed by atoms with Gasteiger partial charge in [0.15, 0.2) is 0 Å². The number of hydrogen-bond acceptors (Lipinski definition) is 4. The highest BCUT2D eigenvalue weighted by molar-refractivity contribution is 7.13. The molecule has 1 N–H and O–H groups in total. The predicted molar refractivity (Wildman–Crippen MR) is 98.2 cm³/mol. The lowest BCUT2D eigenvalue weighted by Gasteiger charge is -2.31. The van der Waals surface area contributed by atoms with E-state index in [4.69, 9.17) is 0 Å². The molecule has 1 aromatic heterocycles. The van der Waals surface area contributed by atoms with E-state index in [2.05, 4.69) is 10.3 Å². The fourth-order valence-electron chi connectivity index (χ4n) is 3.26. The Labute approximate surface area is 151 Å². The first kappa shape index (κ1) is 16.3. The Morgan fingerprint density at radius 3 is 2.36 bits per heavy atom. The summed E-state index contributed by atoms with van der Waals surface area (Å²) >= 11 is 1.60. The van der Waals surface area contributed by atoms with E-state index in [1.807, 2.05) is 34.5 Å². The molecule has 2 amide bonds. The number of nitrogens with zero attached hydrogens (tertiary/aromatic N) is 2. The van der Waals surface area contributed by atoms with Crippen molar-refractivity contribution in [3.63, 3.8) is 0 Å². The van der Waals surface area contributed by atoms with E-state index >= 15 is 0 Å². The van der Waals surface area contributed by atoms with Gasteiger partial charge in [0.1, 0.15) is 5.01 Å². The second kappa shape index (κ2) is 6.96. The van der Waals surface area contributed by atoms with Gasteiger partial charge >= 0.3 is 0 Å². The molecule has 4 rings (SSSR count). The van der Waals surface area contributed by atoms with Gasteiger partial charge < -0.3 is 10.2 Å². The molecule has 1 aliphatic heterocycles. The Morgan fingerprint density at radius 1 is 1.04 bits per heavy atom. The van der Waals surface area contributed by atoms with Crippen molar-refractivity contribution in [2.24, 2.45) is 11.8 Å². The topological polar surface area (TPSA) is 62.3 Å². The number of likely N-dealkylation sites (tertiary alicyclic amines) is 1. The summed E-state index contributed by atoms with van der Waals surface area (Å²) in [4.78, 5) is 30.8. The van der Waals surface area contributed by atoms with Crippen LogP contribution in [0.2, 0.25) is 0 Å². The first-order chi connectivity index (χ1) is 12.2. The molecule has 2 heterocycles. The van der Waals surface area contributed by atoms with Crippen LogP contribution in [0.1, 0.15) is 25.7 Å². The summed E-state index contributed by atoms with van der Waals surface area (Å²) in [5.74, 6) is 0.598. The standard InChI is InChI=1S/C19H21N3O2S/c23-17(13-7-10-22(11-8-13)19(24)15-1-2-15)21-16-5-3-14(4-6-16)18-20-9-12-25-18/h3-6,9,12-13,15H,1-2,7-8,10-11H2,(H,21,23). The summed E-state index contributed by atoms with van der Waals surface area (Å²) < 4.78 is 0. The Morgan fingerprint density at radius 2 is 1.76 bits per heavy atom. The molecular weight excluding hydrogens is 334 g/mol. The maximum Gasteiger partial charge on any atom is 0.227 e. The molecule has 0 radical (unpaired) electrons. The number of carbonyl (C=O) groups is 2. The number of carbonyl (C=O) groups excluding carboxylic acids is 2. The molecule has 2 fully saturated rings. The molecule has 2 aromatic rings. The first-order valence-corrected chi connectivity index (χ1v) is 9.68. The number of anilines is 1. The minimum Gasteiger partial charge on any atom is -0.342 e. The van der Waals surface area contributed by atoms with E-state index in [0.717, 1.165) is 41.9 Å². The molecule has 130 valence electrons. The second-order valence-electron chi connectivity index (χ2n) is 6.78. The van der Waals surface area contributed by atoms with Crippen LogP contribution in [0.4, 0.5) is 5.69 Å². The Balaban J connectivity index is 1.31. The maximum atomic E-state index is 12.5. The Bertz CT molecular complexity index is 745. The highest BCUT2D eigenvalue weighted by Gasteiger charge is 2.35. The molecule has 6 heteroatoms. The van der Waals surface area contributed by atoms with Crippen LogP contribution < -0.4 is 5.32 Å². The van der Waals surface area contributed by atoms with Crippen LogP contribution >= 0.6 is 11.3 Å². The van der Waals surface area contributed by atoms with E-state index < -0.39 is 0 Å². The van der Waals surface area contributed by atoms with Crippen LogP contribution in [0.5, 0.6) is 0 Å². The van der Waals surface area contributed by atoms with Crippen molar-refractivity contribution in [3.05, 3.63) is 35.8 Å². The van der Waals surface area contributed by atoms with Gasteiger partial charge in [-0.2, -0.15) is 0 Å². The predicted octanol–water partition coefficient (Wildman–Crippen LogP) is 3.40. The van der Waals surface area contributed by atoms with E-state index in [1.165, 1.54) is 0 Å². The molecule has 1 saturated carbocycles. The number of aromatic nitrogens is 1. The van der Waals surface area contributed by atoms with Gasteiger partial charge in [0.05, 0.1) is 0 Å². The van der Waals surface area contributed by atoms with Crippen LogP contribution in [0.15, 0.2) is 35.8 Å². The monoisotopic (exact) mass is 355 g/mol. The van der Waals surface area contributed by atoms with E-state index in [9.17, 15) is 9.59 Å². The summed E-state index contributed by atoms with van der Waals surface area (Å²) in [7, 11) is 0. The van der Waals surface area contributed by atoms with Gasteiger partial charge in [0.25, 0.3) is 0 Å². The molecule has 1 saturated heterocycles. The zero-order valence-corrected chi connectivity index (χ0v) is 14.8. The van der Waals surface area contributed by atoms with Crippen molar-refractivity contribution in [2.45, 2.75) is 25.7 Å². The summed E-state index contributed by atoms with van der Waals surface area (Å²) in [6, 6.07) is 7.79. The Kier molecular flexibility index (Phi) is 4.53. The van der Waals surface area contributed by atoms with Crippen LogP contribution in [-0.4, -0.2) is 34.8 Å². The van der Waals surface area contributed by atoms with Crippen molar-refractivity contribution in [2.75, 3.05) is 18.4 Å². The van der Waals surface area contributed by atoms with E-state index in [0.29, 0.717) is 13.1 Å². The number of amides is 2. The van der Waals surface area contributed by atoms with Crippen molar-refractivity contribution in [1.29, 1.82) is 0 Å². The summed E-state index contributed by atoms with van der Waals surface area (Å²) in [6.07, 6.45) is 5.37. The molecule has 25 heavy (non-hydrogen) atoms. The van der Waals surface area contributed by atoms with Crippen LogP contribution in [0, 0.1) is 11.8 Å². The van der Waals surface area contributed by atoms with Crippen LogP contribution in [-0.2, 0) is 9.59 Å². The van der Waals surface area contributed by atoms with E-state index in [-0.39, 0.29) is 23.7 Å². The SMILES string of the molecule is O=C(Nc1ccc(-c2nccs2)cc1)C1CCN(C(=O)C2CC2)CC1. The van der Waals surface area contributed by atoms with Crippen molar-refractivity contribution in [3.8, 4) is 10.6 Å². The normalized spacial score (nSPS) is 18.2. The number of hydrogen-bond donors (Lipinski definition) is 1. The average molecular weight is 355 g/mol. The summed E-state index contributed by atoms with van der Waals surface area (Å²) in [5.41, 5.74) is 1.86. The molecule has 0 unspecified atom stereocenters. The van der Waals surface area contributed by atoms with Gasteiger partial charge in [0, 0.05) is 47.8 Å². The highest BCUT2D eigenvalue weighted by atomic mass is 32.1. The highest BCUT2D eigenvalue weighted by Crippen LogP contribution is 2.32. The average Bonchev–Trinajstić information content (AvgIpc) is 3.36. The number of piperidine rings is 1. The van der Waals surface area contributed by atoms with Gasteiger partial charge in [-0.25, -0.2) is 4.98 Å². The van der Waals surface area contributed by atoms with Gasteiger partial charge in [-0.1, -0.05) is 0 Å². The molecule has 0 bridgehead atoms. The fraction of sp³-hybridized carbons (Fsp3) is 0.421. The third-order valence-electron chi connectivity index (χ3n) is 4.94. The number of nitrogens with one attached hydrogen (secondary N) is 1.